The van der Waals surface area contributed by atoms with Crippen LogP contribution in [0.3, 0.4) is 0 Å². The van der Waals surface area contributed by atoms with Crippen LogP contribution in [-0.2, 0) is 22.9 Å². The van der Waals surface area contributed by atoms with Crippen LogP contribution in [0.1, 0.15) is 38.5 Å². The Bertz CT molecular complexity index is 1130. The van der Waals surface area contributed by atoms with Crippen LogP contribution in [0.4, 0.5) is 5.69 Å². The summed E-state index contributed by atoms with van der Waals surface area (Å²) in [6.45, 7) is 6.82. The number of aryl methyl sites for hydroxylation is 1. The van der Waals surface area contributed by atoms with E-state index in [4.69, 9.17) is 16.0 Å². The first-order valence-electron chi connectivity index (χ1n) is 9.46. The third-order valence-electron chi connectivity index (χ3n) is 5.65. The first kappa shape index (κ1) is 19.3. The number of hydrogen-bond acceptors (Lipinski definition) is 3. The van der Waals surface area contributed by atoms with E-state index in [0.29, 0.717) is 16.6 Å². The minimum Gasteiger partial charge on any atom is -0.461 e. The van der Waals surface area contributed by atoms with Gasteiger partial charge in [-0.2, -0.15) is 0 Å². The van der Waals surface area contributed by atoms with Crippen molar-refractivity contribution in [1.82, 2.24) is 0 Å². The molecule has 3 aromatic rings. The molecule has 0 bridgehead atoms. The second kappa shape index (κ2) is 6.82. The van der Waals surface area contributed by atoms with Crippen LogP contribution >= 0.6 is 11.6 Å². The highest BCUT2D eigenvalue weighted by molar-refractivity contribution is 7.92. The summed E-state index contributed by atoms with van der Waals surface area (Å²) in [5.74, 6) is 1.61. The van der Waals surface area contributed by atoms with Gasteiger partial charge in [0.2, 0.25) is 0 Å². The van der Waals surface area contributed by atoms with Gasteiger partial charge in [0, 0.05) is 28.1 Å². The Hall–Kier alpha value is -1.98. The number of rotatable bonds is 3. The Morgan fingerprint density at radius 1 is 1.11 bits per heavy atom. The highest BCUT2D eigenvalue weighted by Gasteiger charge is 2.31. The largest absolute Gasteiger partial charge is 0.461 e. The predicted molar refractivity (Wildman–Crippen MR) is 113 cm³/mol. The van der Waals surface area contributed by atoms with Crippen molar-refractivity contribution >= 4 is 38.3 Å². The van der Waals surface area contributed by atoms with Gasteiger partial charge in [-0.1, -0.05) is 32.4 Å². The maximum Gasteiger partial charge on any atom is 0.261 e. The second-order valence-electron chi connectivity index (χ2n) is 8.58. The van der Waals surface area contributed by atoms with E-state index in [1.54, 1.807) is 18.2 Å². The molecule has 1 N–H and O–H groups in total. The molecule has 1 atom stereocenters. The van der Waals surface area contributed by atoms with Gasteiger partial charge in [-0.3, -0.25) is 4.72 Å². The molecule has 28 heavy (non-hydrogen) atoms. The van der Waals surface area contributed by atoms with Gasteiger partial charge in [-0.25, -0.2) is 8.42 Å². The molecule has 0 aliphatic heterocycles. The minimum atomic E-state index is -3.68. The van der Waals surface area contributed by atoms with E-state index >= 15 is 0 Å². The summed E-state index contributed by atoms with van der Waals surface area (Å²) in [6, 6.07) is 11.6. The lowest BCUT2D eigenvalue weighted by Crippen LogP contribution is -2.26. The van der Waals surface area contributed by atoms with Crippen molar-refractivity contribution in [3.63, 3.8) is 0 Å². The van der Waals surface area contributed by atoms with E-state index in [-0.39, 0.29) is 10.3 Å². The SMILES string of the molecule is CC(C)(C)[C@@H]1CCc2oc3ccc(NS(=O)(=O)c4ccc(Cl)cc4)cc3c2C1. The van der Waals surface area contributed by atoms with E-state index in [1.807, 2.05) is 12.1 Å². The number of sulfonamides is 1. The normalized spacial score (nSPS) is 17.5. The first-order valence-corrected chi connectivity index (χ1v) is 11.3. The number of anilines is 1. The summed E-state index contributed by atoms with van der Waals surface area (Å²) in [6.07, 6.45) is 3.00. The van der Waals surface area contributed by atoms with Crippen LogP contribution in [0, 0.1) is 11.3 Å². The molecule has 0 saturated heterocycles. The highest BCUT2D eigenvalue weighted by Crippen LogP contribution is 2.41. The maximum atomic E-state index is 12.7. The average molecular weight is 418 g/mol. The molecule has 0 radical (unpaired) electrons. The molecule has 6 heteroatoms. The van der Waals surface area contributed by atoms with Crippen molar-refractivity contribution in [3.8, 4) is 0 Å². The van der Waals surface area contributed by atoms with Crippen LogP contribution < -0.4 is 4.72 Å². The van der Waals surface area contributed by atoms with E-state index < -0.39 is 10.0 Å². The predicted octanol–water partition coefficient (Wildman–Crippen LogP) is 6.04. The van der Waals surface area contributed by atoms with Gasteiger partial charge in [0.1, 0.15) is 11.3 Å². The molecule has 2 aromatic carbocycles. The summed E-state index contributed by atoms with van der Waals surface area (Å²) in [4.78, 5) is 0.180. The zero-order valence-electron chi connectivity index (χ0n) is 16.3. The number of halogens is 1. The Morgan fingerprint density at radius 2 is 1.82 bits per heavy atom. The van der Waals surface area contributed by atoms with Gasteiger partial charge >= 0.3 is 0 Å². The Balaban J connectivity index is 1.68. The van der Waals surface area contributed by atoms with Crippen LogP contribution in [0.25, 0.3) is 11.0 Å². The van der Waals surface area contributed by atoms with Crippen molar-refractivity contribution in [2.75, 3.05) is 4.72 Å². The van der Waals surface area contributed by atoms with Gasteiger partial charge in [0.05, 0.1) is 4.90 Å². The zero-order chi connectivity index (χ0) is 20.1. The van der Waals surface area contributed by atoms with Crippen LogP contribution in [0.2, 0.25) is 5.02 Å². The van der Waals surface area contributed by atoms with E-state index in [2.05, 4.69) is 25.5 Å². The summed E-state index contributed by atoms with van der Waals surface area (Å²) >= 11 is 5.86. The monoisotopic (exact) mass is 417 g/mol. The molecule has 0 amide bonds. The third kappa shape index (κ3) is 3.65. The quantitative estimate of drug-likeness (QED) is 0.565. The van der Waals surface area contributed by atoms with Crippen LogP contribution in [0.5, 0.6) is 0 Å². The Labute approximate surface area is 170 Å². The van der Waals surface area contributed by atoms with Crippen molar-refractivity contribution in [2.24, 2.45) is 11.3 Å². The van der Waals surface area contributed by atoms with Gasteiger partial charge in [-0.05, 0) is 66.6 Å². The summed E-state index contributed by atoms with van der Waals surface area (Å²) in [7, 11) is -3.68. The van der Waals surface area contributed by atoms with Crippen molar-refractivity contribution in [3.05, 3.63) is 58.8 Å². The molecule has 1 heterocycles. The molecular weight excluding hydrogens is 394 g/mol. The number of furan rings is 1. The molecule has 1 aliphatic carbocycles. The van der Waals surface area contributed by atoms with E-state index in [1.165, 1.54) is 17.7 Å². The summed E-state index contributed by atoms with van der Waals surface area (Å²) in [5, 5.41) is 1.50. The highest BCUT2D eigenvalue weighted by atomic mass is 35.5. The second-order valence-corrected chi connectivity index (χ2v) is 10.7. The lowest BCUT2D eigenvalue weighted by Gasteiger charge is -2.33. The molecule has 148 valence electrons. The van der Waals surface area contributed by atoms with Crippen molar-refractivity contribution < 1.29 is 12.8 Å². The smallest absolute Gasteiger partial charge is 0.261 e. The minimum absolute atomic E-state index is 0.180. The van der Waals surface area contributed by atoms with Gasteiger partial charge < -0.3 is 4.42 Å². The number of fused-ring (bicyclic) bond motifs is 3. The van der Waals surface area contributed by atoms with Crippen LogP contribution in [-0.4, -0.2) is 8.42 Å². The first-order chi connectivity index (χ1) is 13.1. The molecule has 4 nitrogen and oxygen atoms in total. The van der Waals surface area contributed by atoms with E-state index in [9.17, 15) is 8.42 Å². The number of hydrogen-bond donors (Lipinski definition) is 1. The average Bonchev–Trinajstić information content (AvgIpc) is 2.98. The molecule has 0 unspecified atom stereocenters. The Kier molecular flexibility index (Phi) is 4.71. The summed E-state index contributed by atoms with van der Waals surface area (Å²) in [5.41, 5.74) is 2.79. The molecule has 0 fully saturated rings. The molecule has 1 aromatic heterocycles. The molecule has 0 spiro atoms. The molecule has 0 saturated carbocycles. The van der Waals surface area contributed by atoms with Crippen LogP contribution in [0.15, 0.2) is 51.8 Å². The molecule has 1 aliphatic rings. The standard InChI is InChI=1S/C22H24ClNO3S/c1-22(2,3)14-4-10-20-18(12-14)19-13-16(7-11-21(19)27-20)24-28(25,26)17-8-5-15(23)6-9-17/h5-9,11,13-14,24H,4,10,12H2,1-3H3/t14-/m1/s1. The lowest BCUT2D eigenvalue weighted by molar-refractivity contribution is 0.210. The molecule has 4 rings (SSSR count). The lowest BCUT2D eigenvalue weighted by atomic mass is 9.71. The van der Waals surface area contributed by atoms with Gasteiger partial charge in [0.25, 0.3) is 10.0 Å². The van der Waals surface area contributed by atoms with Crippen molar-refractivity contribution in [2.45, 2.75) is 44.9 Å². The van der Waals surface area contributed by atoms with Gasteiger partial charge in [0.15, 0.2) is 0 Å². The van der Waals surface area contributed by atoms with Gasteiger partial charge in [-0.15, -0.1) is 0 Å². The fourth-order valence-corrected chi connectivity index (χ4v) is 5.08. The Morgan fingerprint density at radius 3 is 2.50 bits per heavy atom. The fraction of sp³-hybridized carbons (Fsp3) is 0.364. The zero-order valence-corrected chi connectivity index (χ0v) is 17.8. The van der Waals surface area contributed by atoms with E-state index in [0.717, 1.165) is 36.0 Å². The summed E-state index contributed by atoms with van der Waals surface area (Å²) < 4.78 is 34.1. The number of nitrogens with one attached hydrogen (secondary N) is 1. The fourth-order valence-electron chi connectivity index (χ4n) is 3.91. The number of benzene rings is 2. The van der Waals surface area contributed by atoms with Crippen molar-refractivity contribution in [1.29, 1.82) is 0 Å². The maximum absolute atomic E-state index is 12.7. The molecular formula is C22H24ClNO3S. The third-order valence-corrected chi connectivity index (χ3v) is 7.29. The topological polar surface area (TPSA) is 59.3 Å².